The van der Waals surface area contributed by atoms with Crippen LogP contribution < -0.4 is 5.73 Å². The molecular formula is C12H17FN2O3S. The number of nitrogens with zero attached hydrogens (tertiary/aromatic N) is 1. The smallest absolute Gasteiger partial charge is 0.246 e. The molecule has 0 aliphatic carbocycles. The van der Waals surface area contributed by atoms with Crippen molar-refractivity contribution in [2.45, 2.75) is 24.4 Å². The number of ether oxygens (including phenoxy) is 1. The predicted molar refractivity (Wildman–Crippen MR) is 68.5 cm³/mol. The van der Waals surface area contributed by atoms with Crippen LogP contribution in [0.5, 0.6) is 0 Å². The number of benzene rings is 1. The molecule has 1 fully saturated rings. The molecule has 1 atom stereocenters. The molecule has 0 bridgehead atoms. The number of nitrogens with two attached hydrogens (primary N) is 1. The number of sulfonamides is 1. The molecule has 5 nitrogen and oxygen atoms in total. The molecule has 1 saturated heterocycles. The summed E-state index contributed by atoms with van der Waals surface area (Å²) in [5.74, 6) is -0.762. The fourth-order valence-electron chi connectivity index (χ4n) is 2.08. The first-order valence-corrected chi connectivity index (χ1v) is 7.49. The van der Waals surface area contributed by atoms with Crippen LogP contribution in [0.2, 0.25) is 0 Å². The summed E-state index contributed by atoms with van der Waals surface area (Å²) >= 11 is 0. The highest BCUT2D eigenvalue weighted by molar-refractivity contribution is 7.89. The third-order valence-electron chi connectivity index (χ3n) is 3.13. The SMILES string of the molecule is CC1COCCN1S(=O)(=O)c1ccc(CN)cc1F. The minimum Gasteiger partial charge on any atom is -0.378 e. The van der Waals surface area contributed by atoms with Gasteiger partial charge >= 0.3 is 0 Å². The van der Waals surface area contributed by atoms with Crippen LogP contribution in [0.3, 0.4) is 0 Å². The number of halogens is 1. The Balaban J connectivity index is 2.38. The zero-order valence-electron chi connectivity index (χ0n) is 10.7. The van der Waals surface area contributed by atoms with Crippen LogP contribution in [-0.4, -0.2) is 38.5 Å². The van der Waals surface area contributed by atoms with Crippen molar-refractivity contribution in [3.63, 3.8) is 0 Å². The first kappa shape index (κ1) is 14.4. The van der Waals surface area contributed by atoms with Gasteiger partial charge in [0.25, 0.3) is 0 Å². The van der Waals surface area contributed by atoms with Gasteiger partial charge in [0.05, 0.1) is 13.2 Å². The lowest BCUT2D eigenvalue weighted by Gasteiger charge is -2.32. The summed E-state index contributed by atoms with van der Waals surface area (Å²) in [6.45, 7) is 2.80. The molecule has 0 saturated carbocycles. The van der Waals surface area contributed by atoms with E-state index in [0.717, 1.165) is 6.07 Å². The Labute approximate surface area is 112 Å². The van der Waals surface area contributed by atoms with Crippen LogP contribution in [0.25, 0.3) is 0 Å². The van der Waals surface area contributed by atoms with Crippen LogP contribution >= 0.6 is 0 Å². The van der Waals surface area contributed by atoms with E-state index in [1.165, 1.54) is 16.4 Å². The molecule has 0 spiro atoms. The highest BCUT2D eigenvalue weighted by Crippen LogP contribution is 2.23. The maximum atomic E-state index is 13.9. The molecule has 0 aromatic heterocycles. The molecule has 1 aliphatic heterocycles. The summed E-state index contributed by atoms with van der Waals surface area (Å²) in [4.78, 5) is -0.307. The average molecular weight is 288 g/mol. The van der Waals surface area contributed by atoms with Crippen molar-refractivity contribution in [1.82, 2.24) is 4.31 Å². The monoisotopic (exact) mass is 288 g/mol. The molecule has 106 valence electrons. The molecule has 0 amide bonds. The second-order valence-electron chi connectivity index (χ2n) is 4.51. The molecular weight excluding hydrogens is 271 g/mol. The maximum absolute atomic E-state index is 13.9. The van der Waals surface area contributed by atoms with E-state index in [0.29, 0.717) is 18.8 Å². The Bertz CT molecular complexity index is 562. The summed E-state index contributed by atoms with van der Waals surface area (Å²) in [5.41, 5.74) is 5.96. The van der Waals surface area contributed by atoms with Crippen molar-refractivity contribution in [1.29, 1.82) is 0 Å². The van der Waals surface area contributed by atoms with Gasteiger partial charge in [-0.05, 0) is 24.6 Å². The molecule has 1 aromatic rings. The van der Waals surface area contributed by atoms with Crippen LogP contribution in [-0.2, 0) is 21.3 Å². The van der Waals surface area contributed by atoms with Crippen LogP contribution in [0.15, 0.2) is 23.1 Å². The van der Waals surface area contributed by atoms with Crippen molar-refractivity contribution >= 4 is 10.0 Å². The van der Waals surface area contributed by atoms with E-state index in [1.807, 2.05) is 0 Å². The summed E-state index contributed by atoms with van der Waals surface area (Å²) < 4.78 is 45.2. The third-order valence-corrected chi connectivity index (χ3v) is 5.17. The first-order chi connectivity index (χ1) is 8.96. The van der Waals surface area contributed by atoms with E-state index >= 15 is 0 Å². The van der Waals surface area contributed by atoms with Crippen LogP contribution in [0.4, 0.5) is 4.39 Å². The van der Waals surface area contributed by atoms with E-state index in [-0.39, 0.29) is 24.0 Å². The fraction of sp³-hybridized carbons (Fsp3) is 0.500. The molecule has 1 heterocycles. The molecule has 19 heavy (non-hydrogen) atoms. The molecule has 2 N–H and O–H groups in total. The number of hydrogen-bond donors (Lipinski definition) is 1. The molecule has 0 radical (unpaired) electrons. The zero-order chi connectivity index (χ0) is 14.0. The first-order valence-electron chi connectivity index (χ1n) is 6.05. The van der Waals surface area contributed by atoms with E-state index < -0.39 is 15.8 Å². The predicted octanol–water partition coefficient (Wildman–Crippen LogP) is 0.694. The van der Waals surface area contributed by atoms with Crippen LogP contribution in [0.1, 0.15) is 12.5 Å². The lowest BCUT2D eigenvalue weighted by Crippen LogP contribution is -2.47. The standard InChI is InChI=1S/C12H17FN2O3S/c1-9-8-18-5-4-15(9)19(16,17)12-3-2-10(7-14)6-11(12)13/h2-3,6,9H,4-5,7-8,14H2,1H3. The molecule has 2 rings (SSSR count). The Hall–Kier alpha value is -1.02. The van der Waals surface area contributed by atoms with Crippen molar-refractivity contribution in [3.8, 4) is 0 Å². The Morgan fingerprint density at radius 1 is 1.53 bits per heavy atom. The van der Waals surface area contributed by atoms with Gasteiger partial charge < -0.3 is 10.5 Å². The van der Waals surface area contributed by atoms with Crippen molar-refractivity contribution in [2.24, 2.45) is 5.73 Å². The number of morpholine rings is 1. The largest absolute Gasteiger partial charge is 0.378 e. The van der Waals surface area contributed by atoms with Gasteiger partial charge in [-0.25, -0.2) is 12.8 Å². The van der Waals surface area contributed by atoms with Gasteiger partial charge in [0, 0.05) is 19.1 Å². The van der Waals surface area contributed by atoms with E-state index in [4.69, 9.17) is 10.5 Å². The summed E-state index contributed by atoms with van der Waals surface area (Å²) in [6.07, 6.45) is 0. The summed E-state index contributed by atoms with van der Waals surface area (Å²) in [7, 11) is -3.83. The quantitative estimate of drug-likeness (QED) is 0.888. The maximum Gasteiger partial charge on any atom is 0.246 e. The average Bonchev–Trinajstić information content (AvgIpc) is 2.38. The third kappa shape index (κ3) is 2.79. The van der Waals surface area contributed by atoms with Gasteiger partial charge in [-0.2, -0.15) is 4.31 Å². The van der Waals surface area contributed by atoms with Crippen molar-refractivity contribution < 1.29 is 17.5 Å². The lowest BCUT2D eigenvalue weighted by atomic mass is 10.2. The summed E-state index contributed by atoms with van der Waals surface area (Å²) in [5, 5.41) is 0. The van der Waals surface area contributed by atoms with Gasteiger partial charge in [-0.15, -0.1) is 0 Å². The van der Waals surface area contributed by atoms with E-state index in [1.54, 1.807) is 6.92 Å². The minimum absolute atomic E-state index is 0.172. The van der Waals surface area contributed by atoms with Gasteiger partial charge in [0.1, 0.15) is 10.7 Å². The molecule has 7 heteroatoms. The van der Waals surface area contributed by atoms with Gasteiger partial charge in [0.15, 0.2) is 0 Å². The topological polar surface area (TPSA) is 72.6 Å². The van der Waals surface area contributed by atoms with Gasteiger partial charge in [-0.3, -0.25) is 0 Å². The Morgan fingerprint density at radius 2 is 2.26 bits per heavy atom. The Morgan fingerprint density at radius 3 is 2.84 bits per heavy atom. The molecule has 1 aromatic carbocycles. The Kier molecular flexibility index (Phi) is 4.19. The zero-order valence-corrected chi connectivity index (χ0v) is 11.5. The van der Waals surface area contributed by atoms with Crippen molar-refractivity contribution in [2.75, 3.05) is 19.8 Å². The number of hydrogen-bond acceptors (Lipinski definition) is 4. The van der Waals surface area contributed by atoms with E-state index in [9.17, 15) is 12.8 Å². The van der Waals surface area contributed by atoms with Gasteiger partial charge in [-0.1, -0.05) is 6.07 Å². The lowest BCUT2D eigenvalue weighted by molar-refractivity contribution is 0.0392. The molecule has 1 aliphatic rings. The molecule has 1 unspecified atom stereocenters. The van der Waals surface area contributed by atoms with Gasteiger partial charge in [0.2, 0.25) is 10.0 Å². The normalized spacial score (nSPS) is 21.5. The highest BCUT2D eigenvalue weighted by atomic mass is 32.2. The fourth-order valence-corrected chi connectivity index (χ4v) is 3.72. The number of rotatable bonds is 3. The van der Waals surface area contributed by atoms with E-state index in [2.05, 4.69) is 0 Å². The van der Waals surface area contributed by atoms with Crippen LogP contribution in [0, 0.1) is 5.82 Å². The second kappa shape index (κ2) is 5.54. The summed E-state index contributed by atoms with van der Waals surface area (Å²) in [6, 6.07) is 3.67. The highest BCUT2D eigenvalue weighted by Gasteiger charge is 2.33. The minimum atomic E-state index is -3.83. The van der Waals surface area contributed by atoms with Crippen molar-refractivity contribution in [3.05, 3.63) is 29.6 Å². The second-order valence-corrected chi connectivity index (χ2v) is 6.37.